The van der Waals surface area contributed by atoms with Crippen molar-refractivity contribution in [2.75, 3.05) is 5.32 Å². The van der Waals surface area contributed by atoms with Gasteiger partial charge < -0.3 is 0 Å². The highest BCUT2D eigenvalue weighted by Gasteiger charge is 2.11. The molecular weight excluding hydrogens is 310 g/mol. The van der Waals surface area contributed by atoms with Crippen molar-refractivity contribution in [3.63, 3.8) is 0 Å². The van der Waals surface area contributed by atoms with Crippen molar-refractivity contribution in [3.8, 4) is 11.8 Å². The quantitative estimate of drug-likeness (QED) is 0.591. The van der Waals surface area contributed by atoms with Crippen LogP contribution in [-0.4, -0.2) is 20.7 Å². The molecule has 0 radical (unpaired) electrons. The molecule has 1 amide bonds. The van der Waals surface area contributed by atoms with Gasteiger partial charge in [0.25, 0.3) is 5.91 Å². The Labute approximate surface area is 136 Å². The van der Waals surface area contributed by atoms with Crippen LogP contribution in [0.1, 0.15) is 5.56 Å². The number of para-hydroxylation sites is 1. The average molecular weight is 321 g/mol. The van der Waals surface area contributed by atoms with E-state index in [4.69, 9.17) is 0 Å². The molecule has 112 valence electrons. The Morgan fingerprint density at radius 1 is 1.35 bits per heavy atom. The van der Waals surface area contributed by atoms with Crippen LogP contribution in [0.15, 0.2) is 59.9 Å². The Morgan fingerprint density at radius 3 is 2.87 bits per heavy atom. The summed E-state index contributed by atoms with van der Waals surface area (Å²) in [5.41, 5.74) is 1.56. The first-order valence-electron chi connectivity index (χ1n) is 6.69. The van der Waals surface area contributed by atoms with E-state index in [1.165, 1.54) is 17.4 Å². The molecule has 0 saturated carbocycles. The maximum absolute atomic E-state index is 12.1. The van der Waals surface area contributed by atoms with Gasteiger partial charge in [0.2, 0.25) is 0 Å². The summed E-state index contributed by atoms with van der Waals surface area (Å²) in [4.78, 5) is 16.0. The highest BCUT2D eigenvalue weighted by Crippen LogP contribution is 2.14. The van der Waals surface area contributed by atoms with Gasteiger partial charge in [-0.05, 0) is 18.2 Å². The van der Waals surface area contributed by atoms with Gasteiger partial charge in [0.1, 0.15) is 11.6 Å². The second-order valence-electron chi connectivity index (χ2n) is 4.51. The van der Waals surface area contributed by atoms with Crippen LogP contribution in [0.4, 0.5) is 5.13 Å². The molecule has 0 saturated heterocycles. The van der Waals surface area contributed by atoms with E-state index >= 15 is 0 Å². The van der Waals surface area contributed by atoms with Gasteiger partial charge in [-0.1, -0.05) is 18.2 Å². The Kier molecular flexibility index (Phi) is 4.27. The fraction of sp³-hybridized carbons (Fsp3) is 0. The van der Waals surface area contributed by atoms with Crippen molar-refractivity contribution in [2.45, 2.75) is 0 Å². The number of carbonyl (C=O) groups is 1. The van der Waals surface area contributed by atoms with E-state index in [0.29, 0.717) is 10.7 Å². The lowest BCUT2D eigenvalue weighted by atomic mass is 10.2. The van der Waals surface area contributed by atoms with E-state index in [1.807, 2.05) is 36.4 Å². The van der Waals surface area contributed by atoms with Gasteiger partial charge in [0.15, 0.2) is 5.13 Å². The average Bonchev–Trinajstić information content (AvgIpc) is 3.25. The molecule has 6 nitrogen and oxygen atoms in total. The molecule has 1 N–H and O–H groups in total. The molecule has 0 aliphatic carbocycles. The highest BCUT2D eigenvalue weighted by molar-refractivity contribution is 7.13. The second kappa shape index (κ2) is 6.68. The predicted molar refractivity (Wildman–Crippen MR) is 87.9 cm³/mol. The largest absolute Gasteiger partial charge is 0.297 e. The molecular formula is C16H11N5OS. The lowest BCUT2D eigenvalue weighted by Crippen LogP contribution is -2.13. The lowest BCUT2D eigenvalue weighted by Gasteiger charge is -1.99. The van der Waals surface area contributed by atoms with Crippen molar-refractivity contribution in [1.82, 2.24) is 14.8 Å². The molecule has 3 rings (SSSR count). The molecule has 0 spiro atoms. The first-order valence-corrected chi connectivity index (χ1v) is 7.57. The summed E-state index contributed by atoms with van der Waals surface area (Å²) in [6.07, 6.45) is 6.43. The van der Waals surface area contributed by atoms with E-state index < -0.39 is 5.91 Å². The van der Waals surface area contributed by atoms with Gasteiger partial charge in [-0.3, -0.25) is 10.1 Å². The molecule has 2 heterocycles. The monoisotopic (exact) mass is 321 g/mol. The fourth-order valence-electron chi connectivity index (χ4n) is 1.90. The summed E-state index contributed by atoms with van der Waals surface area (Å²) in [6, 6.07) is 11.5. The normalized spacial score (nSPS) is 11.0. The van der Waals surface area contributed by atoms with Crippen molar-refractivity contribution < 1.29 is 4.79 Å². The molecule has 0 aliphatic heterocycles. The number of rotatable bonds is 4. The van der Waals surface area contributed by atoms with Crippen LogP contribution in [0, 0.1) is 11.3 Å². The van der Waals surface area contributed by atoms with Crippen LogP contribution in [0.25, 0.3) is 11.8 Å². The summed E-state index contributed by atoms with van der Waals surface area (Å²) in [6.45, 7) is 0. The molecule has 23 heavy (non-hydrogen) atoms. The minimum atomic E-state index is -0.491. The van der Waals surface area contributed by atoms with Crippen LogP contribution in [-0.2, 0) is 4.79 Å². The van der Waals surface area contributed by atoms with Crippen LogP contribution in [0.5, 0.6) is 0 Å². The Hall–Kier alpha value is -3.24. The minimum absolute atomic E-state index is 0.00666. The Balaban J connectivity index is 1.80. The second-order valence-corrected chi connectivity index (χ2v) is 5.41. The third-order valence-corrected chi connectivity index (χ3v) is 3.64. The van der Waals surface area contributed by atoms with Crippen molar-refractivity contribution in [2.24, 2.45) is 0 Å². The number of hydrogen-bond donors (Lipinski definition) is 1. The molecule has 7 heteroatoms. The number of anilines is 1. The number of nitrogens with zero attached hydrogens (tertiary/aromatic N) is 4. The topological polar surface area (TPSA) is 83.6 Å². The van der Waals surface area contributed by atoms with Gasteiger partial charge in [-0.25, -0.2) is 9.67 Å². The van der Waals surface area contributed by atoms with Crippen molar-refractivity contribution in [3.05, 3.63) is 65.4 Å². The number of benzene rings is 1. The molecule has 0 aliphatic rings. The van der Waals surface area contributed by atoms with Crippen LogP contribution < -0.4 is 5.32 Å². The summed E-state index contributed by atoms with van der Waals surface area (Å²) < 4.78 is 1.68. The van der Waals surface area contributed by atoms with Gasteiger partial charge in [0, 0.05) is 23.3 Å². The summed E-state index contributed by atoms with van der Waals surface area (Å²) in [5.74, 6) is -0.491. The number of nitriles is 1. The van der Waals surface area contributed by atoms with Crippen molar-refractivity contribution >= 4 is 28.5 Å². The Bertz CT molecular complexity index is 875. The molecule has 0 atom stereocenters. The van der Waals surface area contributed by atoms with Gasteiger partial charge in [-0.2, -0.15) is 10.4 Å². The van der Waals surface area contributed by atoms with E-state index in [0.717, 1.165) is 5.69 Å². The van der Waals surface area contributed by atoms with E-state index in [1.54, 1.807) is 28.7 Å². The number of nitrogens with one attached hydrogen (secondary N) is 1. The van der Waals surface area contributed by atoms with Gasteiger partial charge >= 0.3 is 0 Å². The number of aromatic nitrogens is 3. The smallest absolute Gasteiger partial charge is 0.268 e. The molecule has 0 bridgehead atoms. The van der Waals surface area contributed by atoms with Crippen LogP contribution in [0.2, 0.25) is 0 Å². The summed E-state index contributed by atoms with van der Waals surface area (Å²) >= 11 is 1.29. The lowest BCUT2D eigenvalue weighted by molar-refractivity contribution is -0.112. The minimum Gasteiger partial charge on any atom is -0.297 e. The first kappa shape index (κ1) is 14.7. The maximum atomic E-state index is 12.1. The standard InChI is InChI=1S/C16H11N5OS/c17-9-13(15(22)20-16-18-6-7-23-16)8-12-10-19-21(11-12)14-4-2-1-3-5-14/h1-8,10-11H,(H,18,20,22)/b13-8+. The number of hydrogen-bond acceptors (Lipinski definition) is 5. The predicted octanol–water partition coefficient (Wildman–Crippen LogP) is 2.87. The summed E-state index contributed by atoms with van der Waals surface area (Å²) in [7, 11) is 0. The zero-order chi connectivity index (χ0) is 16.1. The van der Waals surface area contributed by atoms with Gasteiger partial charge in [0.05, 0.1) is 11.9 Å². The molecule has 2 aromatic heterocycles. The number of amides is 1. The zero-order valence-corrected chi connectivity index (χ0v) is 12.7. The number of thiazole rings is 1. The number of carbonyl (C=O) groups excluding carboxylic acids is 1. The fourth-order valence-corrected chi connectivity index (χ4v) is 2.42. The molecule has 3 aromatic rings. The first-order chi connectivity index (χ1) is 11.3. The van der Waals surface area contributed by atoms with Crippen LogP contribution >= 0.6 is 11.3 Å². The summed E-state index contributed by atoms with van der Waals surface area (Å²) in [5, 5.41) is 18.2. The zero-order valence-electron chi connectivity index (χ0n) is 11.9. The van der Waals surface area contributed by atoms with Crippen molar-refractivity contribution in [1.29, 1.82) is 5.26 Å². The Morgan fingerprint density at radius 2 is 2.17 bits per heavy atom. The van der Waals surface area contributed by atoms with E-state index in [-0.39, 0.29) is 5.57 Å². The van der Waals surface area contributed by atoms with Crippen LogP contribution in [0.3, 0.4) is 0 Å². The SMILES string of the molecule is N#C/C(=C\c1cnn(-c2ccccc2)c1)C(=O)Nc1nccs1. The van der Waals surface area contributed by atoms with Gasteiger partial charge in [-0.15, -0.1) is 11.3 Å². The van der Waals surface area contributed by atoms with E-state index in [9.17, 15) is 10.1 Å². The third kappa shape index (κ3) is 3.51. The maximum Gasteiger partial charge on any atom is 0.268 e. The molecule has 0 unspecified atom stereocenters. The molecule has 0 fully saturated rings. The van der Waals surface area contributed by atoms with E-state index in [2.05, 4.69) is 15.4 Å². The third-order valence-electron chi connectivity index (χ3n) is 2.95. The molecule has 1 aromatic carbocycles. The highest BCUT2D eigenvalue weighted by atomic mass is 32.1.